The van der Waals surface area contributed by atoms with Crippen molar-refractivity contribution >= 4 is 23.2 Å². The molecule has 0 saturated heterocycles. The first-order valence-corrected chi connectivity index (χ1v) is 7.84. The zero-order valence-electron chi connectivity index (χ0n) is 13.8. The second-order valence-corrected chi connectivity index (χ2v) is 6.14. The number of benzene rings is 1. The van der Waals surface area contributed by atoms with Crippen LogP contribution in [0.15, 0.2) is 36.7 Å². The lowest BCUT2D eigenvalue weighted by Crippen LogP contribution is -2.20. The predicted octanol–water partition coefficient (Wildman–Crippen LogP) is 2.28. The van der Waals surface area contributed by atoms with Gasteiger partial charge in [-0.2, -0.15) is 0 Å². The Bertz CT molecular complexity index is 786. The average Bonchev–Trinajstić information content (AvgIpc) is 2.55. The van der Waals surface area contributed by atoms with Crippen LogP contribution in [-0.2, 0) is 17.8 Å². The summed E-state index contributed by atoms with van der Waals surface area (Å²) in [5.41, 5.74) is 4.08. The average molecular weight is 324 g/mol. The van der Waals surface area contributed by atoms with E-state index in [1.807, 2.05) is 31.1 Å². The fraction of sp³-hybridized carbons (Fsp3) is 0.278. The molecule has 2 heterocycles. The minimum Gasteiger partial charge on any atom is -0.326 e. The number of aromatic nitrogens is 1. The third kappa shape index (κ3) is 3.60. The summed E-state index contributed by atoms with van der Waals surface area (Å²) in [5, 5.41) is 5.77. The SMILES string of the molecule is CN(C)Cc1cnccc1C(=O)Nc1ccc2c(c1)CCC(=O)N2. The molecule has 0 aliphatic carbocycles. The van der Waals surface area contributed by atoms with E-state index in [0.29, 0.717) is 24.9 Å². The summed E-state index contributed by atoms with van der Waals surface area (Å²) in [4.78, 5) is 30.1. The zero-order chi connectivity index (χ0) is 17.1. The van der Waals surface area contributed by atoms with Crippen molar-refractivity contribution in [2.24, 2.45) is 0 Å². The number of nitrogens with one attached hydrogen (secondary N) is 2. The van der Waals surface area contributed by atoms with Gasteiger partial charge in [0.2, 0.25) is 5.91 Å². The van der Waals surface area contributed by atoms with E-state index in [2.05, 4.69) is 15.6 Å². The van der Waals surface area contributed by atoms with Gasteiger partial charge in [-0.25, -0.2) is 0 Å². The van der Waals surface area contributed by atoms with E-state index in [1.165, 1.54) is 0 Å². The van der Waals surface area contributed by atoms with Crippen molar-refractivity contribution in [3.05, 3.63) is 53.3 Å². The molecule has 124 valence electrons. The van der Waals surface area contributed by atoms with Crippen molar-refractivity contribution in [2.75, 3.05) is 24.7 Å². The van der Waals surface area contributed by atoms with Crippen molar-refractivity contribution in [3.8, 4) is 0 Å². The van der Waals surface area contributed by atoms with Crippen LogP contribution in [0.2, 0.25) is 0 Å². The Hall–Kier alpha value is -2.73. The van der Waals surface area contributed by atoms with Crippen LogP contribution in [0.4, 0.5) is 11.4 Å². The zero-order valence-corrected chi connectivity index (χ0v) is 13.8. The smallest absolute Gasteiger partial charge is 0.256 e. The number of carbonyl (C=O) groups is 2. The number of amides is 2. The second kappa shape index (κ2) is 6.80. The summed E-state index contributed by atoms with van der Waals surface area (Å²) in [6, 6.07) is 7.27. The molecule has 0 fully saturated rings. The number of aryl methyl sites for hydroxylation is 1. The third-order valence-electron chi connectivity index (χ3n) is 3.89. The normalized spacial score (nSPS) is 13.4. The lowest BCUT2D eigenvalue weighted by molar-refractivity contribution is -0.116. The van der Waals surface area contributed by atoms with Crippen molar-refractivity contribution < 1.29 is 9.59 Å². The molecule has 0 spiro atoms. The number of hydrogen-bond donors (Lipinski definition) is 2. The first-order valence-electron chi connectivity index (χ1n) is 7.84. The van der Waals surface area contributed by atoms with Gasteiger partial charge >= 0.3 is 0 Å². The molecular formula is C18H20N4O2. The monoisotopic (exact) mass is 324 g/mol. The Balaban J connectivity index is 1.79. The number of hydrogen-bond acceptors (Lipinski definition) is 4. The highest BCUT2D eigenvalue weighted by Gasteiger charge is 2.16. The molecule has 6 heteroatoms. The van der Waals surface area contributed by atoms with Crippen molar-refractivity contribution in [3.63, 3.8) is 0 Å². The highest BCUT2D eigenvalue weighted by atomic mass is 16.2. The minimum atomic E-state index is -0.158. The van der Waals surface area contributed by atoms with Crippen LogP contribution < -0.4 is 10.6 Å². The summed E-state index contributed by atoms with van der Waals surface area (Å²) in [7, 11) is 3.90. The number of nitrogens with zero attached hydrogens (tertiary/aromatic N) is 2. The van der Waals surface area contributed by atoms with E-state index in [0.717, 1.165) is 22.5 Å². The van der Waals surface area contributed by atoms with Gasteiger partial charge in [-0.1, -0.05) is 0 Å². The number of carbonyl (C=O) groups excluding carboxylic acids is 2. The van der Waals surface area contributed by atoms with Crippen LogP contribution in [0, 0.1) is 0 Å². The van der Waals surface area contributed by atoms with Crippen LogP contribution in [0.3, 0.4) is 0 Å². The molecule has 2 N–H and O–H groups in total. The van der Waals surface area contributed by atoms with Crippen LogP contribution in [0.5, 0.6) is 0 Å². The van der Waals surface area contributed by atoms with Gasteiger partial charge in [0.25, 0.3) is 5.91 Å². The molecule has 2 amide bonds. The molecule has 0 unspecified atom stereocenters. The second-order valence-electron chi connectivity index (χ2n) is 6.14. The summed E-state index contributed by atoms with van der Waals surface area (Å²) in [6.07, 6.45) is 4.50. The van der Waals surface area contributed by atoms with E-state index in [4.69, 9.17) is 0 Å². The van der Waals surface area contributed by atoms with E-state index in [9.17, 15) is 9.59 Å². The quantitative estimate of drug-likeness (QED) is 0.905. The van der Waals surface area contributed by atoms with Gasteiger partial charge in [0.15, 0.2) is 0 Å². The molecule has 1 aliphatic heterocycles. The number of pyridine rings is 1. The maximum atomic E-state index is 12.6. The van der Waals surface area contributed by atoms with Crippen molar-refractivity contribution in [1.82, 2.24) is 9.88 Å². The van der Waals surface area contributed by atoms with Crippen LogP contribution >= 0.6 is 0 Å². The Morgan fingerprint density at radius 1 is 1.29 bits per heavy atom. The van der Waals surface area contributed by atoms with E-state index in [1.54, 1.807) is 24.5 Å². The van der Waals surface area contributed by atoms with E-state index in [-0.39, 0.29) is 11.8 Å². The standard InChI is InChI=1S/C18H20N4O2/c1-22(2)11-13-10-19-8-7-15(13)18(24)20-14-4-5-16-12(9-14)3-6-17(23)21-16/h4-5,7-10H,3,6,11H2,1-2H3,(H,20,24)(H,21,23). The van der Waals surface area contributed by atoms with Crippen LogP contribution in [-0.4, -0.2) is 35.8 Å². The number of rotatable bonds is 4. The largest absolute Gasteiger partial charge is 0.326 e. The molecule has 0 radical (unpaired) electrons. The van der Waals surface area contributed by atoms with Gasteiger partial charge in [0, 0.05) is 42.3 Å². The fourth-order valence-electron chi connectivity index (χ4n) is 2.77. The fourth-order valence-corrected chi connectivity index (χ4v) is 2.77. The Kier molecular flexibility index (Phi) is 4.57. The minimum absolute atomic E-state index is 0.0319. The first kappa shape index (κ1) is 16.1. The molecular weight excluding hydrogens is 304 g/mol. The topological polar surface area (TPSA) is 74.3 Å². The van der Waals surface area contributed by atoms with Crippen LogP contribution in [0.25, 0.3) is 0 Å². The van der Waals surface area contributed by atoms with E-state index >= 15 is 0 Å². The molecule has 0 atom stereocenters. The first-order chi connectivity index (χ1) is 11.5. The van der Waals surface area contributed by atoms with Gasteiger partial charge in [-0.3, -0.25) is 14.6 Å². The molecule has 2 aromatic rings. The lowest BCUT2D eigenvalue weighted by atomic mass is 10.0. The molecule has 0 saturated carbocycles. The van der Waals surface area contributed by atoms with Gasteiger partial charge in [-0.05, 0) is 55.9 Å². The molecule has 0 bridgehead atoms. The summed E-state index contributed by atoms with van der Waals surface area (Å²) < 4.78 is 0. The number of fused-ring (bicyclic) bond motifs is 1. The summed E-state index contributed by atoms with van der Waals surface area (Å²) in [6.45, 7) is 0.646. The molecule has 3 rings (SSSR count). The molecule has 24 heavy (non-hydrogen) atoms. The van der Waals surface area contributed by atoms with Gasteiger partial charge in [0.05, 0.1) is 0 Å². The Labute approximate surface area is 140 Å². The van der Waals surface area contributed by atoms with Crippen LogP contribution in [0.1, 0.15) is 27.9 Å². The molecule has 1 aromatic heterocycles. The Morgan fingerprint density at radius 2 is 2.12 bits per heavy atom. The third-order valence-corrected chi connectivity index (χ3v) is 3.89. The lowest BCUT2D eigenvalue weighted by Gasteiger charge is -2.18. The highest BCUT2D eigenvalue weighted by Crippen LogP contribution is 2.26. The van der Waals surface area contributed by atoms with Crippen molar-refractivity contribution in [1.29, 1.82) is 0 Å². The maximum absolute atomic E-state index is 12.6. The predicted molar refractivity (Wildman–Crippen MR) is 93.0 cm³/mol. The Morgan fingerprint density at radius 3 is 2.92 bits per heavy atom. The number of anilines is 2. The van der Waals surface area contributed by atoms with Gasteiger partial charge < -0.3 is 15.5 Å². The molecule has 1 aromatic carbocycles. The summed E-state index contributed by atoms with van der Waals surface area (Å²) in [5.74, 6) is -0.126. The maximum Gasteiger partial charge on any atom is 0.256 e. The van der Waals surface area contributed by atoms with Gasteiger partial charge in [-0.15, -0.1) is 0 Å². The van der Waals surface area contributed by atoms with E-state index < -0.39 is 0 Å². The summed E-state index contributed by atoms with van der Waals surface area (Å²) >= 11 is 0. The van der Waals surface area contributed by atoms with Gasteiger partial charge in [0.1, 0.15) is 0 Å². The molecule has 1 aliphatic rings. The van der Waals surface area contributed by atoms with Crippen molar-refractivity contribution in [2.45, 2.75) is 19.4 Å². The highest BCUT2D eigenvalue weighted by molar-refractivity contribution is 6.05. The molecule has 6 nitrogen and oxygen atoms in total.